The van der Waals surface area contributed by atoms with Crippen LogP contribution < -0.4 is 5.32 Å². The average molecular weight is 265 g/mol. The highest BCUT2D eigenvalue weighted by atomic mass is 32.1. The van der Waals surface area contributed by atoms with Gasteiger partial charge in [0.25, 0.3) is 0 Å². The molecule has 2 aromatic rings. The van der Waals surface area contributed by atoms with E-state index in [-0.39, 0.29) is 6.04 Å². The van der Waals surface area contributed by atoms with Crippen molar-refractivity contribution in [2.75, 3.05) is 7.05 Å². The van der Waals surface area contributed by atoms with Crippen LogP contribution >= 0.6 is 11.5 Å². The number of hydrogen-bond acceptors (Lipinski definition) is 5. The number of hydrogen-bond donors (Lipinski definition) is 1. The summed E-state index contributed by atoms with van der Waals surface area (Å²) < 4.78 is 6.00. The van der Waals surface area contributed by atoms with Crippen molar-refractivity contribution < 1.29 is 0 Å². The zero-order chi connectivity index (χ0) is 13.1. The molecule has 1 atom stereocenters. The molecule has 0 amide bonds. The highest BCUT2D eigenvalue weighted by Crippen LogP contribution is 2.24. The summed E-state index contributed by atoms with van der Waals surface area (Å²) in [6.45, 7) is 4.13. The molecule has 0 aliphatic rings. The SMILES string of the molecule is CCc1nnsc1C(Cc1cc(C)nn1C)NC. The van der Waals surface area contributed by atoms with Crippen molar-refractivity contribution in [2.45, 2.75) is 32.7 Å². The summed E-state index contributed by atoms with van der Waals surface area (Å²) in [4.78, 5) is 1.24. The summed E-state index contributed by atoms with van der Waals surface area (Å²) in [5.74, 6) is 0. The van der Waals surface area contributed by atoms with Gasteiger partial charge >= 0.3 is 0 Å². The van der Waals surface area contributed by atoms with Crippen LogP contribution in [-0.2, 0) is 19.9 Å². The van der Waals surface area contributed by atoms with Crippen LogP contribution in [0.1, 0.15) is 34.9 Å². The summed E-state index contributed by atoms with van der Waals surface area (Å²) in [5.41, 5.74) is 3.38. The Morgan fingerprint density at radius 3 is 2.83 bits per heavy atom. The third kappa shape index (κ3) is 2.59. The Hall–Kier alpha value is -1.27. The first kappa shape index (κ1) is 13.2. The highest BCUT2D eigenvalue weighted by molar-refractivity contribution is 7.05. The first-order valence-electron chi connectivity index (χ1n) is 6.13. The topological polar surface area (TPSA) is 55.6 Å². The standard InChI is InChI=1S/C12H19N5S/c1-5-10-12(18-16-14-10)11(13-3)7-9-6-8(2)15-17(9)4/h6,11,13H,5,7H2,1-4H3. The molecule has 0 saturated carbocycles. The molecule has 1 N–H and O–H groups in total. The van der Waals surface area contributed by atoms with Crippen LogP contribution in [0.4, 0.5) is 0 Å². The second-order valence-electron chi connectivity index (χ2n) is 4.38. The van der Waals surface area contributed by atoms with Gasteiger partial charge in [0.2, 0.25) is 0 Å². The summed E-state index contributed by atoms with van der Waals surface area (Å²) in [5, 5.41) is 11.9. The number of likely N-dealkylation sites (N-methyl/N-ethyl adjacent to an activating group) is 1. The molecule has 1 unspecified atom stereocenters. The van der Waals surface area contributed by atoms with E-state index in [1.807, 2.05) is 25.7 Å². The van der Waals surface area contributed by atoms with Crippen LogP contribution in [-0.4, -0.2) is 26.4 Å². The van der Waals surface area contributed by atoms with E-state index in [0.29, 0.717) is 0 Å². The van der Waals surface area contributed by atoms with Crippen LogP contribution in [0.5, 0.6) is 0 Å². The van der Waals surface area contributed by atoms with Gasteiger partial charge in [-0.2, -0.15) is 5.10 Å². The molecule has 0 radical (unpaired) electrons. The van der Waals surface area contributed by atoms with Crippen molar-refractivity contribution in [3.8, 4) is 0 Å². The predicted octanol–water partition coefficient (Wildman–Crippen LogP) is 1.65. The number of aryl methyl sites for hydroxylation is 3. The van der Waals surface area contributed by atoms with Crippen molar-refractivity contribution in [3.05, 3.63) is 28.0 Å². The molecule has 2 aromatic heterocycles. The Bertz CT molecular complexity index is 516. The molecule has 0 aromatic carbocycles. The third-order valence-corrected chi connectivity index (χ3v) is 3.98. The molecule has 0 aliphatic heterocycles. The molecule has 0 aliphatic carbocycles. The summed E-state index contributed by atoms with van der Waals surface area (Å²) in [6, 6.07) is 2.39. The summed E-state index contributed by atoms with van der Waals surface area (Å²) in [7, 11) is 3.97. The van der Waals surface area contributed by atoms with Crippen LogP contribution in [0.2, 0.25) is 0 Å². The number of rotatable bonds is 5. The molecule has 0 spiro atoms. The fourth-order valence-corrected chi connectivity index (χ4v) is 2.96. The van der Waals surface area contributed by atoms with Crippen LogP contribution in [0.15, 0.2) is 6.07 Å². The third-order valence-electron chi connectivity index (χ3n) is 3.10. The van der Waals surface area contributed by atoms with Crippen LogP contribution in [0.25, 0.3) is 0 Å². The molecule has 2 heterocycles. The van der Waals surface area contributed by atoms with E-state index in [1.54, 1.807) is 0 Å². The lowest BCUT2D eigenvalue weighted by atomic mass is 10.1. The largest absolute Gasteiger partial charge is 0.312 e. The van der Waals surface area contributed by atoms with Crippen molar-refractivity contribution in [1.29, 1.82) is 0 Å². The Morgan fingerprint density at radius 1 is 1.50 bits per heavy atom. The molecule has 0 saturated heterocycles. The minimum Gasteiger partial charge on any atom is -0.312 e. The van der Waals surface area contributed by atoms with Gasteiger partial charge in [-0.1, -0.05) is 11.4 Å². The zero-order valence-electron chi connectivity index (χ0n) is 11.3. The lowest BCUT2D eigenvalue weighted by molar-refractivity contribution is 0.564. The van der Waals surface area contributed by atoms with Crippen molar-refractivity contribution in [3.63, 3.8) is 0 Å². The van der Waals surface area contributed by atoms with Crippen molar-refractivity contribution in [1.82, 2.24) is 24.7 Å². The molecule has 0 bridgehead atoms. The first-order chi connectivity index (χ1) is 8.65. The van der Waals surface area contributed by atoms with E-state index in [1.165, 1.54) is 22.1 Å². The zero-order valence-corrected chi connectivity index (χ0v) is 12.1. The summed E-state index contributed by atoms with van der Waals surface area (Å²) >= 11 is 1.49. The minimum atomic E-state index is 0.259. The molecular weight excluding hydrogens is 246 g/mol. The van der Waals surface area contributed by atoms with Gasteiger partial charge in [0.05, 0.1) is 22.3 Å². The van der Waals surface area contributed by atoms with Gasteiger partial charge < -0.3 is 5.32 Å². The van der Waals surface area contributed by atoms with Gasteiger partial charge in [-0.15, -0.1) is 5.10 Å². The quantitative estimate of drug-likeness (QED) is 0.893. The second-order valence-corrected chi connectivity index (χ2v) is 5.17. The maximum absolute atomic E-state index is 4.38. The Morgan fingerprint density at radius 2 is 2.28 bits per heavy atom. The lowest BCUT2D eigenvalue weighted by Gasteiger charge is -2.15. The fraction of sp³-hybridized carbons (Fsp3) is 0.583. The molecular formula is C12H19N5S. The molecule has 2 rings (SSSR count). The number of nitrogens with one attached hydrogen (secondary N) is 1. The Kier molecular flexibility index (Phi) is 4.08. The van der Waals surface area contributed by atoms with E-state index in [0.717, 1.165) is 24.2 Å². The molecule has 5 nitrogen and oxygen atoms in total. The Labute approximate surface area is 111 Å². The maximum Gasteiger partial charge on any atom is 0.0801 e. The maximum atomic E-state index is 4.38. The van der Waals surface area contributed by atoms with Crippen molar-refractivity contribution in [2.24, 2.45) is 7.05 Å². The predicted molar refractivity (Wildman–Crippen MR) is 72.7 cm³/mol. The van der Waals surface area contributed by atoms with Gasteiger partial charge in [0, 0.05) is 19.2 Å². The molecule has 6 heteroatoms. The normalized spacial score (nSPS) is 12.9. The van der Waals surface area contributed by atoms with Crippen LogP contribution in [0, 0.1) is 6.92 Å². The van der Waals surface area contributed by atoms with E-state index >= 15 is 0 Å². The van der Waals surface area contributed by atoms with Crippen molar-refractivity contribution >= 4 is 11.5 Å². The van der Waals surface area contributed by atoms with E-state index in [4.69, 9.17) is 0 Å². The molecule has 18 heavy (non-hydrogen) atoms. The highest BCUT2D eigenvalue weighted by Gasteiger charge is 2.19. The molecule has 0 fully saturated rings. The van der Waals surface area contributed by atoms with Gasteiger partial charge in [0.1, 0.15) is 0 Å². The monoisotopic (exact) mass is 265 g/mol. The van der Waals surface area contributed by atoms with Gasteiger partial charge in [-0.05, 0) is 38.0 Å². The lowest BCUT2D eigenvalue weighted by Crippen LogP contribution is -2.20. The van der Waals surface area contributed by atoms with Gasteiger partial charge in [-0.3, -0.25) is 4.68 Å². The first-order valence-corrected chi connectivity index (χ1v) is 6.91. The Balaban J connectivity index is 2.22. The fourth-order valence-electron chi connectivity index (χ4n) is 2.12. The summed E-state index contributed by atoms with van der Waals surface area (Å²) in [6.07, 6.45) is 1.83. The van der Waals surface area contributed by atoms with Gasteiger partial charge in [0.15, 0.2) is 0 Å². The average Bonchev–Trinajstić information content (AvgIpc) is 2.92. The van der Waals surface area contributed by atoms with Gasteiger partial charge in [-0.25, -0.2) is 0 Å². The smallest absolute Gasteiger partial charge is 0.0801 e. The van der Waals surface area contributed by atoms with Crippen LogP contribution in [0.3, 0.4) is 0 Å². The minimum absolute atomic E-state index is 0.259. The van der Waals surface area contributed by atoms with E-state index < -0.39 is 0 Å². The molecule has 98 valence electrons. The van der Waals surface area contributed by atoms with E-state index in [9.17, 15) is 0 Å². The number of aromatic nitrogens is 4. The van der Waals surface area contributed by atoms with E-state index in [2.05, 4.69) is 33.0 Å². The second kappa shape index (κ2) is 5.58. The number of nitrogens with zero attached hydrogens (tertiary/aromatic N) is 4.